The molecule has 0 aliphatic heterocycles. The normalized spacial score (nSPS) is 20.9. The molecule has 3 unspecified atom stereocenters. The van der Waals surface area contributed by atoms with Crippen LogP contribution in [-0.4, -0.2) is 29.8 Å². The van der Waals surface area contributed by atoms with Crippen LogP contribution in [0, 0.1) is 17.8 Å². The molecule has 1 fully saturated rings. The fraction of sp³-hybridized carbons (Fsp3) is 1.00. The number of nitrogens with one attached hydrogen (secondary N) is 1. The van der Waals surface area contributed by atoms with Gasteiger partial charge in [0.15, 0.2) is 0 Å². The van der Waals surface area contributed by atoms with Gasteiger partial charge in [-0.1, -0.05) is 47.0 Å². The highest BCUT2D eigenvalue weighted by molar-refractivity contribution is 4.85. The highest BCUT2D eigenvalue weighted by Crippen LogP contribution is 2.29. The van der Waals surface area contributed by atoms with Crippen LogP contribution in [0.4, 0.5) is 0 Å². The molecule has 3 nitrogen and oxygen atoms in total. The quantitative estimate of drug-likeness (QED) is 0.501. The molecule has 0 saturated heterocycles. The average Bonchev–Trinajstić information content (AvgIpc) is 2.50. The van der Waals surface area contributed by atoms with Crippen LogP contribution >= 0.6 is 0 Å². The molecule has 0 spiro atoms. The van der Waals surface area contributed by atoms with Crippen LogP contribution < -0.4 is 11.1 Å². The summed E-state index contributed by atoms with van der Waals surface area (Å²) in [6.07, 6.45) is 10.6. The number of hydrogen-bond acceptors (Lipinski definition) is 3. The van der Waals surface area contributed by atoms with Gasteiger partial charge in [0.2, 0.25) is 0 Å². The number of hydrogen-bond donors (Lipinski definition) is 3. The molecule has 3 atom stereocenters. The van der Waals surface area contributed by atoms with Gasteiger partial charge in [-0.15, -0.1) is 0 Å². The van der Waals surface area contributed by atoms with Gasteiger partial charge in [0, 0.05) is 12.1 Å². The van der Waals surface area contributed by atoms with E-state index in [-0.39, 0.29) is 12.1 Å². The van der Waals surface area contributed by atoms with E-state index in [0.717, 1.165) is 31.2 Å². The lowest BCUT2D eigenvalue weighted by Gasteiger charge is -2.34. The summed E-state index contributed by atoms with van der Waals surface area (Å²) < 4.78 is 0. The summed E-state index contributed by atoms with van der Waals surface area (Å²) in [4.78, 5) is 0. The Kier molecular flexibility index (Phi) is 10.4. The molecule has 1 aliphatic rings. The highest BCUT2D eigenvalue weighted by atomic mass is 16.3. The molecule has 138 valence electrons. The summed E-state index contributed by atoms with van der Waals surface area (Å²) in [6.45, 7) is 10.00. The molecule has 23 heavy (non-hydrogen) atoms. The summed E-state index contributed by atoms with van der Waals surface area (Å²) in [5.41, 5.74) is 6.21. The Balaban J connectivity index is 2.48. The van der Waals surface area contributed by atoms with Crippen molar-refractivity contribution in [1.29, 1.82) is 0 Å². The molecule has 0 aromatic carbocycles. The van der Waals surface area contributed by atoms with Crippen LogP contribution in [0.2, 0.25) is 0 Å². The summed E-state index contributed by atoms with van der Waals surface area (Å²) >= 11 is 0. The molecule has 0 heterocycles. The van der Waals surface area contributed by atoms with Crippen molar-refractivity contribution < 1.29 is 5.11 Å². The second kappa shape index (κ2) is 11.4. The summed E-state index contributed by atoms with van der Waals surface area (Å²) in [7, 11) is 0. The molecule has 0 bridgehead atoms. The van der Waals surface area contributed by atoms with Crippen LogP contribution in [0.15, 0.2) is 0 Å². The first-order chi connectivity index (χ1) is 10.9. The molecule has 0 amide bonds. The van der Waals surface area contributed by atoms with Crippen molar-refractivity contribution >= 4 is 0 Å². The Morgan fingerprint density at radius 2 is 1.65 bits per heavy atom. The third kappa shape index (κ3) is 9.07. The second-order valence-electron chi connectivity index (χ2n) is 8.59. The summed E-state index contributed by atoms with van der Waals surface area (Å²) in [5, 5.41) is 14.3. The Bertz CT molecular complexity index is 287. The van der Waals surface area contributed by atoms with Crippen LogP contribution in [0.5, 0.6) is 0 Å². The van der Waals surface area contributed by atoms with Gasteiger partial charge in [-0.05, 0) is 62.8 Å². The van der Waals surface area contributed by atoms with Crippen molar-refractivity contribution in [2.45, 2.75) is 104 Å². The Labute approximate surface area is 144 Å². The van der Waals surface area contributed by atoms with Crippen LogP contribution in [0.1, 0.15) is 85.5 Å². The van der Waals surface area contributed by atoms with E-state index in [1.165, 1.54) is 44.9 Å². The van der Waals surface area contributed by atoms with E-state index in [9.17, 15) is 5.11 Å². The minimum atomic E-state index is -0.373. The maximum atomic E-state index is 10.5. The first-order valence-corrected chi connectivity index (χ1v) is 10.1. The van der Waals surface area contributed by atoms with E-state index in [2.05, 4.69) is 33.0 Å². The first kappa shape index (κ1) is 20.9. The van der Waals surface area contributed by atoms with E-state index < -0.39 is 0 Å². The number of aliphatic hydroxyl groups excluding tert-OH is 1. The smallest absolute Gasteiger partial charge is 0.0706 e. The molecule has 1 rings (SSSR count). The molecule has 4 N–H and O–H groups in total. The van der Waals surface area contributed by atoms with Gasteiger partial charge in [0.1, 0.15) is 0 Å². The van der Waals surface area contributed by atoms with E-state index in [1.54, 1.807) is 0 Å². The van der Waals surface area contributed by atoms with Gasteiger partial charge in [-0.2, -0.15) is 0 Å². The highest BCUT2D eigenvalue weighted by Gasteiger charge is 2.27. The molecular weight excluding hydrogens is 284 g/mol. The van der Waals surface area contributed by atoms with Gasteiger partial charge in [0.05, 0.1) is 6.10 Å². The van der Waals surface area contributed by atoms with Crippen molar-refractivity contribution in [2.75, 3.05) is 6.54 Å². The minimum absolute atomic E-state index is 0.0847. The molecule has 3 heteroatoms. The fourth-order valence-corrected chi connectivity index (χ4v) is 3.91. The third-order valence-electron chi connectivity index (χ3n) is 5.32. The zero-order chi connectivity index (χ0) is 17.2. The molecule has 0 aromatic rings. The van der Waals surface area contributed by atoms with E-state index in [1.807, 2.05) is 0 Å². The predicted molar refractivity (Wildman–Crippen MR) is 100 cm³/mol. The Hall–Kier alpha value is -0.120. The molecule has 1 saturated carbocycles. The van der Waals surface area contributed by atoms with Crippen molar-refractivity contribution in [3.05, 3.63) is 0 Å². The van der Waals surface area contributed by atoms with Crippen LogP contribution in [0.3, 0.4) is 0 Å². The molecule has 1 aliphatic carbocycles. The van der Waals surface area contributed by atoms with Gasteiger partial charge in [-0.3, -0.25) is 0 Å². The topological polar surface area (TPSA) is 58.3 Å². The van der Waals surface area contributed by atoms with Gasteiger partial charge < -0.3 is 16.2 Å². The molecule has 0 aromatic heterocycles. The van der Waals surface area contributed by atoms with Crippen molar-refractivity contribution in [1.82, 2.24) is 5.32 Å². The van der Waals surface area contributed by atoms with Gasteiger partial charge in [0.25, 0.3) is 0 Å². The van der Waals surface area contributed by atoms with Crippen LogP contribution in [0.25, 0.3) is 0 Å². The van der Waals surface area contributed by atoms with Gasteiger partial charge >= 0.3 is 0 Å². The largest absolute Gasteiger partial charge is 0.391 e. The molecular formula is C20H42N2O. The second-order valence-corrected chi connectivity index (χ2v) is 8.59. The minimum Gasteiger partial charge on any atom is -0.391 e. The zero-order valence-electron chi connectivity index (χ0n) is 16.1. The SMILES string of the molecule is CC(C)CCCNC(CC(O)C(N)CC(C)C)C1CCCCC1. The van der Waals surface area contributed by atoms with Gasteiger partial charge in [-0.25, -0.2) is 0 Å². The van der Waals surface area contributed by atoms with Crippen molar-refractivity contribution in [2.24, 2.45) is 23.5 Å². The summed E-state index contributed by atoms with van der Waals surface area (Å²) in [6, 6.07) is 0.356. The lowest BCUT2D eigenvalue weighted by atomic mass is 9.80. The number of nitrogens with two attached hydrogens (primary N) is 1. The van der Waals surface area contributed by atoms with Crippen molar-refractivity contribution in [3.63, 3.8) is 0 Å². The van der Waals surface area contributed by atoms with Crippen LogP contribution in [-0.2, 0) is 0 Å². The lowest BCUT2D eigenvalue weighted by molar-refractivity contribution is 0.0961. The summed E-state index contributed by atoms with van der Waals surface area (Å²) in [5.74, 6) is 2.05. The fourth-order valence-electron chi connectivity index (χ4n) is 3.91. The Morgan fingerprint density at radius 1 is 1.00 bits per heavy atom. The Morgan fingerprint density at radius 3 is 2.22 bits per heavy atom. The predicted octanol–water partition coefficient (Wildman–Crippen LogP) is 4.09. The average molecular weight is 327 g/mol. The maximum absolute atomic E-state index is 10.5. The molecule has 0 radical (unpaired) electrons. The van der Waals surface area contributed by atoms with E-state index >= 15 is 0 Å². The number of aliphatic hydroxyl groups is 1. The lowest BCUT2D eigenvalue weighted by Crippen LogP contribution is -2.45. The zero-order valence-corrected chi connectivity index (χ0v) is 16.1. The van der Waals surface area contributed by atoms with Crippen molar-refractivity contribution in [3.8, 4) is 0 Å². The van der Waals surface area contributed by atoms with E-state index in [4.69, 9.17) is 5.73 Å². The monoisotopic (exact) mass is 326 g/mol. The standard InChI is InChI=1S/C20H42N2O/c1-15(2)9-8-12-22-19(17-10-6-5-7-11-17)14-20(23)18(21)13-16(3)4/h15-20,22-23H,5-14,21H2,1-4H3. The third-order valence-corrected chi connectivity index (χ3v) is 5.32. The van der Waals surface area contributed by atoms with E-state index in [0.29, 0.717) is 12.0 Å². The number of rotatable bonds is 11. The first-order valence-electron chi connectivity index (χ1n) is 10.1. The maximum Gasteiger partial charge on any atom is 0.0706 e.